The molecule has 34 heavy (non-hydrogen) atoms. The molecule has 4 N–H and O–H groups in total. The summed E-state index contributed by atoms with van der Waals surface area (Å²) in [7, 11) is 0. The number of piperidine rings is 1. The Morgan fingerprint density at radius 3 is 2.21 bits per heavy atom. The highest BCUT2D eigenvalue weighted by Crippen LogP contribution is 2.31. The van der Waals surface area contributed by atoms with Gasteiger partial charge in [0.05, 0.1) is 5.69 Å². The summed E-state index contributed by atoms with van der Waals surface area (Å²) in [4.78, 5) is 41.0. The van der Waals surface area contributed by atoms with Crippen LogP contribution in [0.5, 0.6) is 5.75 Å². The predicted molar refractivity (Wildman–Crippen MR) is 123 cm³/mol. The molecule has 2 aliphatic rings. The maximum atomic E-state index is 13.6. The number of phenols is 1. The number of carbonyl (C=O) groups excluding carboxylic acids is 3. The number of fused-ring (bicyclic) bond motifs is 1. The van der Waals surface area contributed by atoms with Gasteiger partial charge in [0.1, 0.15) is 17.5 Å². The van der Waals surface area contributed by atoms with Crippen LogP contribution < -0.4 is 15.5 Å². The molecule has 5 rings (SSSR count). The molecular formula is C24H23N5O5. The molecule has 2 aliphatic heterocycles. The van der Waals surface area contributed by atoms with Gasteiger partial charge < -0.3 is 25.7 Å². The highest BCUT2D eigenvalue weighted by atomic mass is 16.3. The number of nitrogens with two attached hydrogens (primary N) is 1. The van der Waals surface area contributed by atoms with Crippen molar-refractivity contribution in [2.75, 3.05) is 22.9 Å². The van der Waals surface area contributed by atoms with Crippen LogP contribution in [-0.2, 0) is 11.2 Å². The molecule has 0 spiro atoms. The van der Waals surface area contributed by atoms with Gasteiger partial charge in [0.25, 0.3) is 17.7 Å². The Balaban J connectivity index is 1.49. The first kappa shape index (κ1) is 21.7. The molecule has 3 aromatic rings. The van der Waals surface area contributed by atoms with Gasteiger partial charge in [-0.1, -0.05) is 0 Å². The maximum absolute atomic E-state index is 13.6. The second-order valence-corrected chi connectivity index (χ2v) is 8.34. The number of primary amides is 1. The zero-order chi connectivity index (χ0) is 24.0. The first-order valence-electron chi connectivity index (χ1n) is 11.0. The van der Waals surface area contributed by atoms with Gasteiger partial charge in [-0.15, -0.1) is 0 Å². The number of amides is 3. The monoisotopic (exact) mass is 461 g/mol. The van der Waals surface area contributed by atoms with E-state index in [1.54, 1.807) is 46.2 Å². The Morgan fingerprint density at radius 1 is 0.941 bits per heavy atom. The van der Waals surface area contributed by atoms with Crippen molar-refractivity contribution < 1.29 is 24.6 Å². The third-order valence-electron chi connectivity index (χ3n) is 6.23. The maximum Gasteiger partial charge on any atom is 0.277 e. The number of phenolic OH excluding ortho intramolecular Hbond substituents is 1. The SMILES string of the molecule is NC(=O)c1nn(-c2ccc(O)cc2)c2c1CCN(c1ccc(N3CCCC(O)C3=O)cc1)C2=O. The van der Waals surface area contributed by atoms with Crippen LogP contribution in [0.1, 0.15) is 39.4 Å². The van der Waals surface area contributed by atoms with Gasteiger partial charge in [-0.3, -0.25) is 14.4 Å². The molecule has 1 fully saturated rings. The standard InChI is InChI=1S/C24H23N5O5/c25-22(32)20-18-11-13-28(24(34)21(18)29(26-20)16-7-9-17(30)10-8-16)15-5-3-14(4-6-15)27-12-1-2-19(31)23(27)33/h3-10,19,30-31H,1-2,11-13H2,(H2,25,32). The summed E-state index contributed by atoms with van der Waals surface area (Å²) >= 11 is 0. The molecule has 10 heteroatoms. The molecule has 1 unspecified atom stereocenters. The lowest BCUT2D eigenvalue weighted by Crippen LogP contribution is -2.44. The molecular weight excluding hydrogens is 438 g/mol. The first-order chi connectivity index (χ1) is 16.3. The number of aliphatic hydroxyl groups excluding tert-OH is 1. The van der Waals surface area contributed by atoms with Crippen LogP contribution in [-0.4, -0.2) is 56.9 Å². The number of aromatic nitrogens is 2. The third kappa shape index (κ3) is 3.57. The second-order valence-electron chi connectivity index (χ2n) is 8.34. The van der Waals surface area contributed by atoms with Crippen molar-refractivity contribution in [3.63, 3.8) is 0 Å². The lowest BCUT2D eigenvalue weighted by atomic mass is 10.0. The number of aromatic hydroxyl groups is 1. The minimum atomic E-state index is -0.991. The van der Waals surface area contributed by atoms with Gasteiger partial charge in [-0.25, -0.2) is 4.68 Å². The highest BCUT2D eigenvalue weighted by molar-refractivity contribution is 6.09. The summed E-state index contributed by atoms with van der Waals surface area (Å²) < 4.78 is 1.38. The lowest BCUT2D eigenvalue weighted by Gasteiger charge is -2.31. The number of anilines is 2. The summed E-state index contributed by atoms with van der Waals surface area (Å²) in [6.45, 7) is 0.858. The van der Waals surface area contributed by atoms with Gasteiger partial charge in [-0.2, -0.15) is 5.10 Å². The summed E-state index contributed by atoms with van der Waals surface area (Å²) in [5, 5.41) is 23.8. The van der Waals surface area contributed by atoms with Crippen LogP contribution in [0.15, 0.2) is 48.5 Å². The van der Waals surface area contributed by atoms with Crippen molar-refractivity contribution in [3.8, 4) is 11.4 Å². The van der Waals surface area contributed by atoms with Crippen molar-refractivity contribution >= 4 is 29.1 Å². The van der Waals surface area contributed by atoms with Crippen LogP contribution in [0.2, 0.25) is 0 Å². The summed E-state index contributed by atoms with van der Waals surface area (Å²) in [5.74, 6) is -1.32. The number of carbonyl (C=O) groups is 3. The van der Waals surface area contributed by atoms with E-state index in [-0.39, 0.29) is 29.0 Å². The van der Waals surface area contributed by atoms with Crippen molar-refractivity contribution in [1.29, 1.82) is 0 Å². The van der Waals surface area contributed by atoms with Crippen LogP contribution in [0.25, 0.3) is 5.69 Å². The zero-order valence-corrected chi connectivity index (χ0v) is 18.2. The van der Waals surface area contributed by atoms with Gasteiger partial charge >= 0.3 is 0 Å². The minimum Gasteiger partial charge on any atom is -0.508 e. The fourth-order valence-electron chi connectivity index (χ4n) is 4.51. The number of aliphatic hydroxyl groups is 1. The van der Waals surface area contributed by atoms with Crippen molar-refractivity contribution in [1.82, 2.24) is 9.78 Å². The molecule has 10 nitrogen and oxygen atoms in total. The van der Waals surface area contributed by atoms with E-state index in [9.17, 15) is 24.6 Å². The average molecular weight is 461 g/mol. The van der Waals surface area contributed by atoms with E-state index in [4.69, 9.17) is 5.73 Å². The molecule has 3 amide bonds. The number of nitrogens with zero attached hydrogens (tertiary/aromatic N) is 4. The molecule has 174 valence electrons. The van der Waals surface area contributed by atoms with Gasteiger partial charge in [-0.05, 0) is 67.8 Å². The second kappa shape index (κ2) is 8.31. The Bertz CT molecular complexity index is 1280. The summed E-state index contributed by atoms with van der Waals surface area (Å²) in [6.07, 6.45) is 0.566. The highest BCUT2D eigenvalue weighted by Gasteiger charge is 2.35. The van der Waals surface area contributed by atoms with Crippen molar-refractivity contribution in [3.05, 3.63) is 65.5 Å². The van der Waals surface area contributed by atoms with Gasteiger partial charge in [0.2, 0.25) is 0 Å². The lowest BCUT2D eigenvalue weighted by molar-refractivity contribution is -0.128. The van der Waals surface area contributed by atoms with Crippen LogP contribution in [0.4, 0.5) is 11.4 Å². The predicted octanol–water partition coefficient (Wildman–Crippen LogP) is 1.37. The quantitative estimate of drug-likeness (QED) is 0.536. The summed E-state index contributed by atoms with van der Waals surface area (Å²) in [5.41, 5.74) is 8.10. The molecule has 0 bridgehead atoms. The zero-order valence-electron chi connectivity index (χ0n) is 18.2. The molecule has 3 heterocycles. The van der Waals surface area contributed by atoms with Crippen LogP contribution in [0, 0.1) is 0 Å². The van der Waals surface area contributed by atoms with Crippen molar-refractivity contribution in [2.24, 2.45) is 5.73 Å². The van der Waals surface area contributed by atoms with E-state index in [1.165, 1.54) is 16.8 Å². The number of benzene rings is 2. The van der Waals surface area contributed by atoms with E-state index in [2.05, 4.69) is 5.10 Å². The molecule has 0 aliphatic carbocycles. The van der Waals surface area contributed by atoms with Gasteiger partial charge in [0.15, 0.2) is 5.69 Å². The number of rotatable bonds is 4. The normalized spacial score (nSPS) is 18.2. The molecule has 1 atom stereocenters. The summed E-state index contributed by atoms with van der Waals surface area (Å²) in [6, 6.07) is 13.1. The minimum absolute atomic E-state index is 0.0496. The molecule has 0 saturated carbocycles. The Hall–Kier alpha value is -4.18. The smallest absolute Gasteiger partial charge is 0.277 e. The van der Waals surface area contributed by atoms with Crippen LogP contribution in [0.3, 0.4) is 0 Å². The Morgan fingerprint density at radius 2 is 1.56 bits per heavy atom. The average Bonchev–Trinajstić information content (AvgIpc) is 3.23. The van der Waals surface area contributed by atoms with Gasteiger partial charge in [0, 0.05) is 30.0 Å². The fraction of sp³-hybridized carbons (Fsp3) is 0.250. The fourth-order valence-corrected chi connectivity index (χ4v) is 4.51. The van der Waals surface area contributed by atoms with Crippen LogP contribution >= 0.6 is 0 Å². The Labute approximate surface area is 194 Å². The van der Waals surface area contributed by atoms with E-state index in [1.807, 2.05) is 0 Å². The van der Waals surface area contributed by atoms with E-state index in [0.717, 1.165) is 0 Å². The Kier molecular flexibility index (Phi) is 5.29. The molecule has 2 aromatic carbocycles. The van der Waals surface area contributed by atoms with E-state index < -0.39 is 12.0 Å². The van der Waals surface area contributed by atoms with E-state index >= 15 is 0 Å². The molecule has 0 radical (unpaired) electrons. The first-order valence-corrected chi connectivity index (χ1v) is 11.0. The largest absolute Gasteiger partial charge is 0.508 e. The topological polar surface area (TPSA) is 142 Å². The van der Waals surface area contributed by atoms with Crippen molar-refractivity contribution in [2.45, 2.75) is 25.4 Å². The third-order valence-corrected chi connectivity index (χ3v) is 6.23. The molecule has 1 aromatic heterocycles. The number of hydrogen-bond acceptors (Lipinski definition) is 6. The molecule has 1 saturated heterocycles. The number of hydrogen-bond donors (Lipinski definition) is 3. The van der Waals surface area contributed by atoms with E-state index in [0.29, 0.717) is 55.0 Å².